The molecule has 0 unspecified atom stereocenters. The Hall–Kier alpha value is -2.21. The van der Waals surface area contributed by atoms with Crippen LogP contribution in [0, 0.1) is 0 Å². The third-order valence-corrected chi connectivity index (χ3v) is 3.95. The number of rotatable bonds is 3. The second kappa shape index (κ2) is 5.42. The van der Waals surface area contributed by atoms with Gasteiger partial charge >= 0.3 is 0 Å². The number of aromatic nitrogens is 1. The quantitative estimate of drug-likeness (QED) is 0.939. The third-order valence-electron chi connectivity index (χ3n) is 3.27. The molecule has 6 heteroatoms. The van der Waals surface area contributed by atoms with Crippen LogP contribution in [0.5, 0.6) is 0 Å². The fourth-order valence-corrected chi connectivity index (χ4v) is 2.66. The third kappa shape index (κ3) is 2.42. The molecule has 5 nitrogen and oxygen atoms in total. The molecular formula is C14H13N3O2S. The van der Waals surface area contributed by atoms with Gasteiger partial charge in [-0.15, -0.1) is 11.3 Å². The van der Waals surface area contributed by atoms with E-state index in [2.05, 4.69) is 10.3 Å². The van der Waals surface area contributed by atoms with Crippen molar-refractivity contribution < 1.29 is 9.59 Å². The smallest absolute Gasteiger partial charge is 0.254 e. The Bertz CT molecular complexity index is 613. The summed E-state index contributed by atoms with van der Waals surface area (Å²) in [6.45, 7) is 0.615. The Balaban J connectivity index is 1.67. The van der Waals surface area contributed by atoms with Crippen molar-refractivity contribution in [1.82, 2.24) is 9.88 Å². The Labute approximate surface area is 120 Å². The van der Waals surface area contributed by atoms with E-state index in [4.69, 9.17) is 0 Å². The van der Waals surface area contributed by atoms with Crippen LogP contribution in [0.4, 0.5) is 5.13 Å². The van der Waals surface area contributed by atoms with E-state index in [1.807, 2.05) is 18.2 Å². The molecule has 2 aromatic rings. The van der Waals surface area contributed by atoms with Crippen molar-refractivity contribution in [2.24, 2.45) is 0 Å². The van der Waals surface area contributed by atoms with Gasteiger partial charge in [-0.25, -0.2) is 4.98 Å². The number of amides is 2. The molecular weight excluding hydrogens is 274 g/mol. The largest absolute Gasteiger partial charge is 0.326 e. The maximum atomic E-state index is 12.3. The lowest BCUT2D eigenvalue weighted by Crippen LogP contribution is -2.56. The number of benzene rings is 1. The molecule has 20 heavy (non-hydrogen) atoms. The van der Waals surface area contributed by atoms with Crippen LogP contribution in [0.3, 0.4) is 0 Å². The van der Waals surface area contributed by atoms with Gasteiger partial charge in [0.15, 0.2) is 5.13 Å². The molecule has 1 aliphatic rings. The molecule has 1 saturated heterocycles. The molecule has 1 fully saturated rings. The molecule has 0 bridgehead atoms. The van der Waals surface area contributed by atoms with Gasteiger partial charge in [-0.05, 0) is 18.6 Å². The van der Waals surface area contributed by atoms with Crippen molar-refractivity contribution in [3.8, 4) is 0 Å². The lowest BCUT2D eigenvalue weighted by molar-refractivity contribution is -0.123. The number of nitrogens with one attached hydrogen (secondary N) is 1. The van der Waals surface area contributed by atoms with Gasteiger partial charge in [-0.3, -0.25) is 9.59 Å². The van der Waals surface area contributed by atoms with E-state index in [1.165, 1.54) is 11.3 Å². The first-order valence-electron chi connectivity index (χ1n) is 6.32. The Morgan fingerprint density at radius 3 is 2.70 bits per heavy atom. The van der Waals surface area contributed by atoms with E-state index in [-0.39, 0.29) is 11.8 Å². The van der Waals surface area contributed by atoms with Gasteiger partial charge in [0.25, 0.3) is 5.91 Å². The summed E-state index contributed by atoms with van der Waals surface area (Å²) in [5.74, 6) is -0.272. The molecule has 2 heterocycles. The molecule has 1 atom stereocenters. The number of anilines is 1. The summed E-state index contributed by atoms with van der Waals surface area (Å²) in [7, 11) is 0. The van der Waals surface area contributed by atoms with Crippen LogP contribution >= 0.6 is 11.3 Å². The lowest BCUT2D eigenvalue weighted by Gasteiger charge is -2.39. The molecule has 0 spiro atoms. The monoisotopic (exact) mass is 287 g/mol. The van der Waals surface area contributed by atoms with Crippen molar-refractivity contribution in [1.29, 1.82) is 0 Å². The minimum absolute atomic E-state index is 0.101. The van der Waals surface area contributed by atoms with Crippen molar-refractivity contribution in [2.45, 2.75) is 12.5 Å². The highest BCUT2D eigenvalue weighted by molar-refractivity contribution is 7.13. The summed E-state index contributed by atoms with van der Waals surface area (Å²) in [5, 5.41) is 5.09. The summed E-state index contributed by atoms with van der Waals surface area (Å²) < 4.78 is 0. The first-order valence-corrected chi connectivity index (χ1v) is 7.20. The number of hydrogen-bond acceptors (Lipinski definition) is 4. The summed E-state index contributed by atoms with van der Waals surface area (Å²) >= 11 is 1.36. The van der Waals surface area contributed by atoms with Crippen LogP contribution in [0.1, 0.15) is 16.8 Å². The van der Waals surface area contributed by atoms with Gasteiger partial charge in [-0.1, -0.05) is 18.2 Å². The van der Waals surface area contributed by atoms with Gasteiger partial charge in [-0.2, -0.15) is 0 Å². The summed E-state index contributed by atoms with van der Waals surface area (Å²) in [4.78, 5) is 30.0. The minimum Gasteiger partial charge on any atom is -0.326 e. The van der Waals surface area contributed by atoms with Gasteiger partial charge in [0.1, 0.15) is 6.04 Å². The highest BCUT2D eigenvalue weighted by atomic mass is 32.1. The molecule has 0 aliphatic carbocycles. The normalized spacial score (nSPS) is 17.4. The van der Waals surface area contributed by atoms with Crippen molar-refractivity contribution in [3.63, 3.8) is 0 Å². The van der Waals surface area contributed by atoms with Gasteiger partial charge in [0.05, 0.1) is 0 Å². The lowest BCUT2D eigenvalue weighted by atomic mass is 10.0. The molecule has 102 valence electrons. The van der Waals surface area contributed by atoms with Crippen LogP contribution in [0.15, 0.2) is 41.9 Å². The predicted octanol–water partition coefficient (Wildman–Crippen LogP) is 2.00. The summed E-state index contributed by atoms with van der Waals surface area (Å²) in [6, 6.07) is 8.62. The second-order valence-electron chi connectivity index (χ2n) is 4.50. The standard InChI is InChI=1S/C14H13N3O2S/c18-12(16-14-15-7-9-20-14)11-6-8-17(11)13(19)10-4-2-1-3-5-10/h1-5,7,9,11H,6,8H2,(H,15,16,18)/t11-/m0/s1. The van der Waals surface area contributed by atoms with E-state index >= 15 is 0 Å². The summed E-state index contributed by atoms with van der Waals surface area (Å²) in [6.07, 6.45) is 2.32. The Morgan fingerprint density at radius 2 is 2.10 bits per heavy atom. The zero-order valence-corrected chi connectivity index (χ0v) is 11.5. The second-order valence-corrected chi connectivity index (χ2v) is 5.39. The van der Waals surface area contributed by atoms with Gasteiger partial charge in [0, 0.05) is 23.7 Å². The fraction of sp³-hybridized carbons (Fsp3) is 0.214. The average molecular weight is 287 g/mol. The molecule has 0 saturated carbocycles. The zero-order valence-electron chi connectivity index (χ0n) is 10.7. The topological polar surface area (TPSA) is 62.3 Å². The predicted molar refractivity (Wildman–Crippen MR) is 76.6 cm³/mol. The number of hydrogen-bond donors (Lipinski definition) is 1. The van der Waals surface area contributed by atoms with Gasteiger partial charge < -0.3 is 10.2 Å². The molecule has 3 rings (SSSR count). The number of carbonyl (C=O) groups is 2. The zero-order chi connectivity index (χ0) is 13.9. The van der Waals surface area contributed by atoms with Crippen molar-refractivity contribution in [2.75, 3.05) is 11.9 Å². The Kier molecular flexibility index (Phi) is 3.47. The average Bonchev–Trinajstić information content (AvgIpc) is 2.91. The first kappa shape index (κ1) is 12.8. The maximum Gasteiger partial charge on any atom is 0.254 e. The maximum absolute atomic E-state index is 12.3. The summed E-state index contributed by atoms with van der Waals surface area (Å²) in [5.41, 5.74) is 0.610. The van der Waals surface area contributed by atoms with E-state index in [9.17, 15) is 9.59 Å². The van der Waals surface area contributed by atoms with Crippen LogP contribution < -0.4 is 5.32 Å². The van der Waals surface area contributed by atoms with E-state index in [0.29, 0.717) is 23.7 Å². The fourth-order valence-electron chi connectivity index (χ4n) is 2.12. The number of likely N-dealkylation sites (tertiary alicyclic amines) is 1. The van der Waals surface area contributed by atoms with E-state index in [0.717, 1.165) is 0 Å². The molecule has 1 aromatic heterocycles. The van der Waals surface area contributed by atoms with Crippen LogP contribution in [-0.4, -0.2) is 34.3 Å². The van der Waals surface area contributed by atoms with Crippen LogP contribution in [0.2, 0.25) is 0 Å². The highest BCUT2D eigenvalue weighted by Gasteiger charge is 2.38. The SMILES string of the molecule is O=C(Nc1nccs1)[C@@H]1CCN1C(=O)c1ccccc1. The van der Waals surface area contributed by atoms with Gasteiger partial charge in [0.2, 0.25) is 5.91 Å². The molecule has 1 aliphatic heterocycles. The highest BCUT2D eigenvalue weighted by Crippen LogP contribution is 2.22. The van der Waals surface area contributed by atoms with Crippen molar-refractivity contribution >= 4 is 28.3 Å². The van der Waals surface area contributed by atoms with Crippen LogP contribution in [-0.2, 0) is 4.79 Å². The number of nitrogens with zero attached hydrogens (tertiary/aromatic N) is 2. The number of thiazole rings is 1. The molecule has 0 radical (unpaired) electrons. The minimum atomic E-state index is -0.397. The molecule has 2 amide bonds. The Morgan fingerprint density at radius 1 is 1.30 bits per heavy atom. The van der Waals surface area contributed by atoms with Crippen molar-refractivity contribution in [3.05, 3.63) is 47.5 Å². The molecule has 1 aromatic carbocycles. The molecule has 1 N–H and O–H groups in total. The number of carbonyl (C=O) groups excluding carboxylic acids is 2. The first-order chi connectivity index (χ1) is 9.75. The van der Waals surface area contributed by atoms with Crippen LogP contribution in [0.25, 0.3) is 0 Å². The van der Waals surface area contributed by atoms with E-state index in [1.54, 1.807) is 28.6 Å². The van der Waals surface area contributed by atoms with E-state index < -0.39 is 6.04 Å².